The van der Waals surface area contributed by atoms with Gasteiger partial charge in [-0.05, 0) is 58.7 Å². The summed E-state index contributed by atoms with van der Waals surface area (Å²) in [5.41, 5.74) is 3.33. The Morgan fingerprint density at radius 1 is 0.474 bits per heavy atom. The lowest BCUT2D eigenvalue weighted by atomic mass is 9.69. The van der Waals surface area contributed by atoms with Crippen LogP contribution in [-0.2, 0) is 75.4 Å². The van der Waals surface area contributed by atoms with Crippen molar-refractivity contribution in [1.29, 1.82) is 15.8 Å². The molecule has 5 aromatic heterocycles. The van der Waals surface area contributed by atoms with E-state index in [1.807, 2.05) is 42.5 Å². The quantitative estimate of drug-likeness (QED) is 0.0313. The van der Waals surface area contributed by atoms with Gasteiger partial charge in [0.1, 0.15) is 54.6 Å². The molecule has 0 fully saturated rings. The Balaban J connectivity index is 1.18. The van der Waals surface area contributed by atoms with Crippen LogP contribution in [0.4, 0.5) is 10.0 Å². The van der Waals surface area contributed by atoms with Crippen LogP contribution in [-0.4, -0.2) is 35.4 Å². The van der Waals surface area contributed by atoms with Crippen LogP contribution >= 0.6 is 56.7 Å². The second-order valence-electron chi connectivity index (χ2n) is 17.5. The maximum atomic E-state index is 16.2. The summed E-state index contributed by atoms with van der Waals surface area (Å²) in [6, 6.07) is 49.9. The van der Waals surface area contributed by atoms with Gasteiger partial charge in [0.25, 0.3) is 0 Å². The van der Waals surface area contributed by atoms with Gasteiger partial charge in [0, 0.05) is 46.5 Å². The average molecular weight is 1120 g/mol. The number of amidine groups is 1. The van der Waals surface area contributed by atoms with E-state index in [9.17, 15) is 15.8 Å². The molecule has 9 aromatic rings. The Kier molecular flexibility index (Phi) is 14.0. The molecule has 0 saturated heterocycles. The highest BCUT2D eigenvalue weighted by Crippen LogP contribution is 2.67. The first-order chi connectivity index (χ1) is 38.1. The van der Waals surface area contributed by atoms with E-state index >= 15 is 19.2 Å². The number of carbonyl (C=O) groups excluding carboxylic acids is 4. The summed E-state index contributed by atoms with van der Waals surface area (Å²) in [6.45, 7) is -1.09. The van der Waals surface area contributed by atoms with Crippen molar-refractivity contribution in [2.24, 2.45) is 15.7 Å². The largest absolute Gasteiger partial charge is 0.459 e. The number of thiophene rings is 5. The summed E-state index contributed by atoms with van der Waals surface area (Å²) in [5.74, 6) is -4.48. The minimum Gasteiger partial charge on any atom is -0.459 e. The lowest BCUT2D eigenvalue weighted by Gasteiger charge is -2.33. The number of carbonyl (C=O) groups is 4. The first kappa shape index (κ1) is 51.0. The molecule has 0 saturated carbocycles. The number of nitrogens with zero attached hydrogens (tertiary/aromatic N) is 5. The van der Waals surface area contributed by atoms with Gasteiger partial charge in [0.2, 0.25) is 22.4 Å². The van der Waals surface area contributed by atoms with Gasteiger partial charge in [-0.3, -0.25) is 19.2 Å². The Labute approximate surface area is 465 Å². The van der Waals surface area contributed by atoms with Gasteiger partial charge in [-0.2, -0.15) is 15.8 Å². The molecule has 0 amide bonds. The van der Waals surface area contributed by atoms with Gasteiger partial charge >= 0.3 is 23.9 Å². The van der Waals surface area contributed by atoms with Crippen LogP contribution < -0.4 is 5.73 Å². The molecule has 2 aliphatic rings. The van der Waals surface area contributed by atoms with Crippen molar-refractivity contribution in [3.05, 3.63) is 200 Å². The number of nitriles is 3. The fourth-order valence-corrected chi connectivity index (χ4v) is 15.6. The van der Waals surface area contributed by atoms with Crippen LogP contribution in [0.2, 0.25) is 0 Å². The molecule has 0 atom stereocenters. The Morgan fingerprint density at radius 2 is 0.923 bits per heavy atom. The molecule has 11 rings (SSSR count). The predicted molar refractivity (Wildman–Crippen MR) is 301 cm³/mol. The number of fused-ring (bicyclic) bond motifs is 7. The van der Waals surface area contributed by atoms with E-state index in [1.54, 1.807) is 133 Å². The molecule has 0 bridgehead atoms. The minimum absolute atomic E-state index is 0.00750. The number of hydrogen-bond donors (Lipinski definition) is 1. The second-order valence-corrected chi connectivity index (χ2v) is 22.8. The third-order valence-corrected chi connectivity index (χ3v) is 18.8. The Bertz CT molecular complexity index is 3950. The van der Waals surface area contributed by atoms with Crippen molar-refractivity contribution in [3.63, 3.8) is 0 Å². The predicted octanol–water partition coefficient (Wildman–Crippen LogP) is 12.5. The van der Waals surface area contributed by atoms with E-state index in [4.69, 9.17) is 24.7 Å². The van der Waals surface area contributed by atoms with Gasteiger partial charge in [-0.1, -0.05) is 121 Å². The maximum absolute atomic E-state index is 16.2. The van der Waals surface area contributed by atoms with Gasteiger partial charge in [0.15, 0.2) is 0 Å². The third kappa shape index (κ3) is 9.07. The zero-order valence-corrected chi connectivity index (χ0v) is 44.5. The van der Waals surface area contributed by atoms with Crippen molar-refractivity contribution in [2.45, 2.75) is 37.3 Å². The number of benzene rings is 4. The highest BCUT2D eigenvalue weighted by atomic mass is 32.1. The van der Waals surface area contributed by atoms with Crippen LogP contribution in [0.15, 0.2) is 162 Å². The van der Waals surface area contributed by atoms with E-state index in [0.717, 1.165) is 21.1 Å². The van der Waals surface area contributed by atoms with Crippen molar-refractivity contribution in [3.8, 4) is 37.7 Å². The molecule has 78 heavy (non-hydrogen) atoms. The molecule has 0 unspecified atom stereocenters. The minimum atomic E-state index is -2.55. The number of esters is 4. The topological polar surface area (TPSA) is 227 Å². The number of rotatable bonds is 16. The first-order valence-corrected chi connectivity index (χ1v) is 27.8. The zero-order chi connectivity index (χ0) is 54.0. The first-order valence-electron chi connectivity index (χ1n) is 23.7. The zero-order valence-electron chi connectivity index (χ0n) is 40.5. The summed E-state index contributed by atoms with van der Waals surface area (Å²) < 4.78 is 26.6. The summed E-state index contributed by atoms with van der Waals surface area (Å²) in [6.07, 6.45) is 1.68. The van der Waals surface area contributed by atoms with Crippen molar-refractivity contribution in [1.82, 2.24) is 0 Å². The highest BCUT2D eigenvalue weighted by Gasteiger charge is 2.69. The van der Waals surface area contributed by atoms with Gasteiger partial charge < -0.3 is 24.7 Å². The Hall–Kier alpha value is -9.13. The molecule has 380 valence electrons. The van der Waals surface area contributed by atoms with Crippen molar-refractivity contribution < 1.29 is 38.1 Å². The smallest absolute Gasteiger partial charge is 0.333 e. The summed E-state index contributed by atoms with van der Waals surface area (Å²) >= 11 is 6.12. The molecule has 5 heterocycles. The van der Waals surface area contributed by atoms with Gasteiger partial charge in [-0.15, -0.1) is 56.7 Å². The number of hydrogen-bond acceptors (Lipinski definition) is 18. The van der Waals surface area contributed by atoms with Crippen molar-refractivity contribution in [2.75, 3.05) is 0 Å². The highest BCUT2D eigenvalue weighted by molar-refractivity contribution is 7.34. The molecular formula is C59H36N6O8S5. The standard InChI is InChI=1S/C59H36N6O8S5/c60-27-38(28-61)64-46-24-22-41(75-46)42-26-44-51(76-42)50-53(78-44)52-49(59(50,56(68)72-32-36-17-9-3-10-18-36)57(69)73-33-37-19-11-4-12-20-37)48-43(77-52)25-39(40-21-23-47(74-40)65-45(63)29-62)58(48,54(66)70-30-34-13-5-1-6-14-34)55(67)71-31-35-15-7-2-8-16-35/h1-26H,30-33H2,(H2,63,65). The summed E-state index contributed by atoms with van der Waals surface area (Å²) in [7, 11) is 0. The fourth-order valence-electron chi connectivity index (χ4n) is 9.41. The Morgan fingerprint density at radius 3 is 1.41 bits per heavy atom. The molecule has 0 spiro atoms. The molecule has 4 aromatic carbocycles. The molecule has 0 radical (unpaired) electrons. The summed E-state index contributed by atoms with van der Waals surface area (Å²) in [4.78, 5) is 76.0. The summed E-state index contributed by atoms with van der Waals surface area (Å²) in [5, 5.41) is 29.2. The van der Waals surface area contributed by atoms with E-state index in [-0.39, 0.29) is 65.2 Å². The number of nitrogens with two attached hydrogens (primary N) is 1. The van der Waals surface area contributed by atoms with Crippen LogP contribution in [0.5, 0.6) is 0 Å². The maximum Gasteiger partial charge on any atom is 0.333 e. The second kappa shape index (κ2) is 21.5. The van der Waals surface area contributed by atoms with Gasteiger partial charge in [0.05, 0.1) is 14.5 Å². The van der Waals surface area contributed by atoms with Crippen molar-refractivity contribution >= 4 is 123 Å². The number of ether oxygens (including phenoxy) is 4. The van der Waals surface area contributed by atoms with Crippen LogP contribution in [0.3, 0.4) is 0 Å². The average Bonchev–Trinajstić information content (AvgIpc) is 2.49. The monoisotopic (exact) mass is 1120 g/mol. The molecule has 0 aliphatic heterocycles. The van der Waals surface area contributed by atoms with Crippen LogP contribution in [0.1, 0.15) is 48.7 Å². The normalized spacial score (nSPS) is 13.4. The molecular weight excluding hydrogens is 1080 g/mol. The van der Waals surface area contributed by atoms with Crippen LogP contribution in [0.25, 0.3) is 40.6 Å². The molecule has 14 nitrogen and oxygen atoms in total. The van der Waals surface area contributed by atoms with E-state index in [2.05, 4.69) is 9.98 Å². The van der Waals surface area contributed by atoms with Crippen LogP contribution in [0, 0.1) is 34.0 Å². The third-order valence-electron chi connectivity index (χ3n) is 12.9. The molecule has 19 heteroatoms. The molecule has 2 aliphatic carbocycles. The fraction of sp³-hybridized carbons (Fsp3) is 0.102. The molecule has 2 N–H and O–H groups in total. The van der Waals surface area contributed by atoms with E-state index < -0.39 is 34.7 Å². The van der Waals surface area contributed by atoms with Gasteiger partial charge in [-0.25, -0.2) is 9.98 Å². The lowest BCUT2D eigenvalue weighted by molar-refractivity contribution is -0.166. The number of aliphatic imine (C=N–C) groups is 2. The van der Waals surface area contributed by atoms with E-state index in [1.165, 1.54) is 45.3 Å². The lowest BCUT2D eigenvalue weighted by Crippen LogP contribution is -2.50. The van der Waals surface area contributed by atoms with E-state index in [0.29, 0.717) is 56.2 Å². The SMILES string of the molecule is N#CC(N)=Nc1ccc(C2=Cc3sc4c(c3C2(C(=O)OCc2ccccc2)C(=O)OCc2ccccc2)C(C(=O)OCc2ccccc2)(C(=O)OCc2ccccc2)c2c-4sc3cc(-c4ccc(N=C(C#N)C#N)s4)sc23)s1.